The maximum Gasteiger partial charge on any atom is 0.255 e. The van der Waals surface area contributed by atoms with Crippen molar-refractivity contribution in [2.45, 2.75) is 26.3 Å². The first-order chi connectivity index (χ1) is 10.3. The van der Waals surface area contributed by atoms with Crippen LogP contribution in [-0.2, 0) is 9.84 Å². The van der Waals surface area contributed by atoms with E-state index >= 15 is 0 Å². The maximum atomic E-state index is 12.5. The number of sulfone groups is 1. The lowest BCUT2D eigenvalue weighted by Crippen LogP contribution is -2.37. The molecule has 1 atom stereocenters. The van der Waals surface area contributed by atoms with Crippen molar-refractivity contribution in [2.24, 2.45) is 5.92 Å². The SMILES string of the molecule is CC(C)CNc1cncc(C(=O)N(C)C2CCS(=O)(=O)C2)c1. The number of hydrogen-bond donors (Lipinski definition) is 1. The largest absolute Gasteiger partial charge is 0.384 e. The van der Waals surface area contributed by atoms with E-state index in [1.807, 2.05) is 0 Å². The molecule has 1 amide bonds. The Morgan fingerprint density at radius 3 is 2.77 bits per heavy atom. The Kier molecular flexibility index (Phi) is 5.05. The molecule has 1 saturated heterocycles. The molecule has 0 aromatic carbocycles. The van der Waals surface area contributed by atoms with E-state index in [2.05, 4.69) is 24.1 Å². The zero-order chi connectivity index (χ0) is 16.3. The molecule has 22 heavy (non-hydrogen) atoms. The summed E-state index contributed by atoms with van der Waals surface area (Å²) in [6.45, 7) is 5.00. The molecule has 0 aliphatic carbocycles. The molecule has 0 radical (unpaired) electrons. The highest BCUT2D eigenvalue weighted by Crippen LogP contribution is 2.19. The minimum atomic E-state index is -3.00. The van der Waals surface area contributed by atoms with Gasteiger partial charge in [-0.25, -0.2) is 8.42 Å². The first-order valence-corrected chi connectivity index (χ1v) is 9.27. The number of hydrogen-bond acceptors (Lipinski definition) is 5. The Morgan fingerprint density at radius 2 is 2.18 bits per heavy atom. The monoisotopic (exact) mass is 325 g/mol. The summed E-state index contributed by atoms with van der Waals surface area (Å²) in [5, 5.41) is 3.23. The molecule has 1 unspecified atom stereocenters. The highest BCUT2D eigenvalue weighted by Gasteiger charge is 2.33. The highest BCUT2D eigenvalue weighted by atomic mass is 32.2. The average molecular weight is 325 g/mol. The average Bonchev–Trinajstić information content (AvgIpc) is 2.84. The second-order valence-corrected chi connectivity index (χ2v) is 8.44. The number of carbonyl (C=O) groups is 1. The van der Waals surface area contributed by atoms with Crippen LogP contribution in [0.15, 0.2) is 18.5 Å². The van der Waals surface area contributed by atoms with Crippen molar-refractivity contribution in [2.75, 3.05) is 30.4 Å². The van der Waals surface area contributed by atoms with Crippen LogP contribution in [0, 0.1) is 5.92 Å². The van der Waals surface area contributed by atoms with Crippen LogP contribution in [0.4, 0.5) is 5.69 Å². The Hall–Kier alpha value is -1.63. The second-order valence-electron chi connectivity index (χ2n) is 6.21. The van der Waals surface area contributed by atoms with Gasteiger partial charge in [0.05, 0.1) is 22.8 Å². The molecule has 1 aromatic rings. The molecule has 1 N–H and O–H groups in total. The van der Waals surface area contributed by atoms with Crippen LogP contribution in [0.25, 0.3) is 0 Å². The number of anilines is 1. The Balaban J connectivity index is 2.07. The molecular formula is C15H23N3O3S. The van der Waals surface area contributed by atoms with Crippen LogP contribution in [0.5, 0.6) is 0 Å². The minimum Gasteiger partial charge on any atom is -0.384 e. The Bertz CT molecular complexity index is 643. The molecule has 6 nitrogen and oxygen atoms in total. The molecule has 2 rings (SSSR count). The molecule has 1 aliphatic rings. The summed E-state index contributed by atoms with van der Waals surface area (Å²) < 4.78 is 23.1. The predicted molar refractivity (Wildman–Crippen MR) is 86.7 cm³/mol. The maximum absolute atomic E-state index is 12.5. The summed E-state index contributed by atoms with van der Waals surface area (Å²) in [7, 11) is -1.35. The normalized spacial score (nSPS) is 20.1. The third-order valence-electron chi connectivity index (χ3n) is 3.78. The van der Waals surface area contributed by atoms with Crippen molar-refractivity contribution < 1.29 is 13.2 Å². The first kappa shape index (κ1) is 16.7. The van der Waals surface area contributed by atoms with Crippen molar-refractivity contribution in [1.29, 1.82) is 0 Å². The fraction of sp³-hybridized carbons (Fsp3) is 0.600. The van der Waals surface area contributed by atoms with Gasteiger partial charge in [-0.2, -0.15) is 0 Å². The van der Waals surface area contributed by atoms with Crippen molar-refractivity contribution >= 4 is 21.4 Å². The third-order valence-corrected chi connectivity index (χ3v) is 5.53. The zero-order valence-electron chi connectivity index (χ0n) is 13.2. The van der Waals surface area contributed by atoms with Crippen LogP contribution < -0.4 is 5.32 Å². The number of rotatable bonds is 5. The van der Waals surface area contributed by atoms with Gasteiger partial charge in [0.1, 0.15) is 0 Å². The lowest BCUT2D eigenvalue weighted by molar-refractivity contribution is 0.0747. The smallest absolute Gasteiger partial charge is 0.255 e. The summed E-state index contributed by atoms with van der Waals surface area (Å²) in [5.41, 5.74) is 1.27. The van der Waals surface area contributed by atoms with Gasteiger partial charge in [0.2, 0.25) is 0 Å². The van der Waals surface area contributed by atoms with Crippen LogP contribution in [0.1, 0.15) is 30.6 Å². The summed E-state index contributed by atoms with van der Waals surface area (Å²) in [6.07, 6.45) is 3.70. The predicted octanol–water partition coefficient (Wildman–Crippen LogP) is 1.41. The van der Waals surface area contributed by atoms with Gasteiger partial charge in [-0.1, -0.05) is 13.8 Å². The summed E-state index contributed by atoms with van der Waals surface area (Å²) in [5.74, 6) is 0.505. The van der Waals surface area contributed by atoms with E-state index in [1.165, 1.54) is 11.1 Å². The quantitative estimate of drug-likeness (QED) is 0.885. The van der Waals surface area contributed by atoms with Crippen LogP contribution in [0.3, 0.4) is 0 Å². The fourth-order valence-corrected chi connectivity index (χ4v) is 4.20. The van der Waals surface area contributed by atoms with E-state index in [0.29, 0.717) is 17.9 Å². The van der Waals surface area contributed by atoms with E-state index in [9.17, 15) is 13.2 Å². The Morgan fingerprint density at radius 1 is 1.45 bits per heavy atom. The van der Waals surface area contributed by atoms with Gasteiger partial charge < -0.3 is 10.2 Å². The van der Waals surface area contributed by atoms with Gasteiger partial charge >= 0.3 is 0 Å². The van der Waals surface area contributed by atoms with Crippen LogP contribution in [0.2, 0.25) is 0 Å². The molecule has 0 saturated carbocycles. The molecule has 1 aromatic heterocycles. The van der Waals surface area contributed by atoms with E-state index in [4.69, 9.17) is 0 Å². The van der Waals surface area contributed by atoms with Crippen molar-refractivity contribution in [3.8, 4) is 0 Å². The summed E-state index contributed by atoms with van der Waals surface area (Å²) >= 11 is 0. The van der Waals surface area contributed by atoms with E-state index in [0.717, 1.165) is 12.2 Å². The van der Waals surface area contributed by atoms with E-state index in [-0.39, 0.29) is 23.5 Å². The number of aromatic nitrogens is 1. The highest BCUT2D eigenvalue weighted by molar-refractivity contribution is 7.91. The number of nitrogens with one attached hydrogen (secondary N) is 1. The topological polar surface area (TPSA) is 79.4 Å². The molecule has 0 spiro atoms. The van der Waals surface area contributed by atoms with Gasteiger partial charge in [-0.15, -0.1) is 0 Å². The summed E-state index contributed by atoms with van der Waals surface area (Å²) in [6, 6.07) is 1.52. The van der Waals surface area contributed by atoms with Gasteiger partial charge in [0.15, 0.2) is 9.84 Å². The molecular weight excluding hydrogens is 302 g/mol. The zero-order valence-corrected chi connectivity index (χ0v) is 14.1. The van der Waals surface area contributed by atoms with Gasteiger partial charge in [0.25, 0.3) is 5.91 Å². The fourth-order valence-electron chi connectivity index (χ4n) is 2.43. The third kappa shape index (κ3) is 4.19. The lowest BCUT2D eigenvalue weighted by Gasteiger charge is -2.23. The molecule has 1 fully saturated rings. The molecule has 7 heteroatoms. The first-order valence-electron chi connectivity index (χ1n) is 7.45. The second kappa shape index (κ2) is 6.64. The number of pyridine rings is 1. The van der Waals surface area contributed by atoms with Crippen molar-refractivity contribution in [3.63, 3.8) is 0 Å². The number of nitrogens with zero attached hydrogens (tertiary/aromatic N) is 2. The van der Waals surface area contributed by atoms with Crippen molar-refractivity contribution in [1.82, 2.24) is 9.88 Å². The minimum absolute atomic E-state index is 0.0496. The molecule has 2 heterocycles. The van der Waals surface area contributed by atoms with E-state index < -0.39 is 9.84 Å². The molecule has 122 valence electrons. The lowest BCUT2D eigenvalue weighted by atomic mass is 10.1. The van der Waals surface area contributed by atoms with E-state index in [1.54, 1.807) is 19.3 Å². The van der Waals surface area contributed by atoms with Crippen LogP contribution >= 0.6 is 0 Å². The molecule has 1 aliphatic heterocycles. The Labute approximate surface area is 131 Å². The van der Waals surface area contributed by atoms with Crippen LogP contribution in [-0.4, -0.2) is 55.3 Å². The van der Waals surface area contributed by atoms with Gasteiger partial charge in [-0.3, -0.25) is 9.78 Å². The van der Waals surface area contributed by atoms with Gasteiger partial charge in [0, 0.05) is 32.0 Å². The van der Waals surface area contributed by atoms with Gasteiger partial charge in [-0.05, 0) is 18.4 Å². The summed E-state index contributed by atoms with van der Waals surface area (Å²) in [4.78, 5) is 18.1. The number of amides is 1. The standard InChI is InChI=1S/C15H23N3O3S/c1-11(2)7-17-13-6-12(8-16-9-13)15(19)18(3)14-4-5-22(20,21)10-14/h6,8-9,11,14,17H,4-5,7,10H2,1-3H3. The number of carbonyl (C=O) groups excluding carboxylic acids is 1. The molecule has 0 bridgehead atoms. The van der Waals surface area contributed by atoms with Crippen molar-refractivity contribution in [3.05, 3.63) is 24.0 Å².